The molecule has 0 bridgehead atoms. The number of halogens is 3. The lowest BCUT2D eigenvalue weighted by Gasteiger charge is -2.23. The van der Waals surface area contributed by atoms with Gasteiger partial charge in [0, 0.05) is 0 Å². The minimum atomic E-state index is -4.22. The molecule has 0 radical (unpaired) electrons. The van der Waals surface area contributed by atoms with Crippen LogP contribution < -0.4 is 0 Å². The Morgan fingerprint density at radius 1 is 1.25 bits per heavy atom. The number of hydrogen-bond donors (Lipinski definition) is 1. The molecule has 1 atom stereocenters. The van der Waals surface area contributed by atoms with E-state index in [2.05, 4.69) is 0 Å². The molecule has 72 valence electrons. The van der Waals surface area contributed by atoms with Gasteiger partial charge in [-0.2, -0.15) is 13.2 Å². The van der Waals surface area contributed by atoms with Crippen LogP contribution in [0.3, 0.4) is 0 Å². The first kappa shape index (κ1) is 9.84. The zero-order valence-corrected chi connectivity index (χ0v) is 6.77. The Balaban J connectivity index is 2.54. The Bertz CT molecular complexity index is 138. The van der Waals surface area contributed by atoms with Crippen LogP contribution in [-0.2, 0) is 0 Å². The van der Waals surface area contributed by atoms with Gasteiger partial charge in [-0.25, -0.2) is 0 Å². The highest BCUT2D eigenvalue weighted by Crippen LogP contribution is 2.40. The molecule has 1 aliphatic carbocycles. The summed E-state index contributed by atoms with van der Waals surface area (Å²) in [5, 5.41) is 8.60. The predicted octanol–water partition coefficient (Wildman–Crippen LogP) is 2.35. The molecule has 0 saturated heterocycles. The minimum absolute atomic E-state index is 0.338. The van der Waals surface area contributed by atoms with Gasteiger partial charge < -0.3 is 5.11 Å². The molecular formula is C8H13F3O. The maximum atomic E-state index is 12.2. The number of hydrogen-bond acceptors (Lipinski definition) is 1. The molecule has 0 aromatic rings. The van der Waals surface area contributed by atoms with Crippen molar-refractivity contribution in [2.45, 2.75) is 31.9 Å². The zero-order chi connectivity index (χ0) is 9.19. The summed E-state index contributed by atoms with van der Waals surface area (Å²) in [6.07, 6.45) is -1.24. The van der Waals surface area contributed by atoms with Crippen LogP contribution in [0.4, 0.5) is 13.2 Å². The number of rotatable bonds is 2. The van der Waals surface area contributed by atoms with Gasteiger partial charge in [-0.05, 0) is 18.8 Å². The maximum absolute atomic E-state index is 12.2. The van der Waals surface area contributed by atoms with E-state index >= 15 is 0 Å². The van der Waals surface area contributed by atoms with Crippen LogP contribution in [0.25, 0.3) is 0 Å². The average Bonchev–Trinajstić information content (AvgIpc) is 2.38. The van der Waals surface area contributed by atoms with Gasteiger partial charge in [-0.3, -0.25) is 0 Å². The van der Waals surface area contributed by atoms with Crippen molar-refractivity contribution < 1.29 is 18.3 Å². The first-order valence-corrected chi connectivity index (χ1v) is 4.23. The third-order valence-corrected chi connectivity index (χ3v) is 2.59. The van der Waals surface area contributed by atoms with Gasteiger partial charge in [-0.1, -0.05) is 12.8 Å². The fourth-order valence-corrected chi connectivity index (χ4v) is 1.88. The summed E-state index contributed by atoms with van der Waals surface area (Å²) in [5.41, 5.74) is 0. The van der Waals surface area contributed by atoms with Crippen LogP contribution in [0.15, 0.2) is 0 Å². The van der Waals surface area contributed by atoms with Crippen LogP contribution in [0.5, 0.6) is 0 Å². The monoisotopic (exact) mass is 182 g/mol. The summed E-state index contributed by atoms with van der Waals surface area (Å²) in [5.74, 6) is -1.82. The number of aliphatic hydroxyl groups excluding tert-OH is 1. The molecule has 12 heavy (non-hydrogen) atoms. The van der Waals surface area contributed by atoms with Crippen LogP contribution in [0.2, 0.25) is 0 Å². The fourth-order valence-electron chi connectivity index (χ4n) is 1.88. The van der Waals surface area contributed by atoms with Crippen LogP contribution in [-0.4, -0.2) is 17.9 Å². The topological polar surface area (TPSA) is 20.2 Å². The van der Waals surface area contributed by atoms with Crippen molar-refractivity contribution in [1.29, 1.82) is 0 Å². The molecule has 0 spiro atoms. The smallest absolute Gasteiger partial charge is 0.394 e. The molecule has 1 aliphatic rings. The predicted molar refractivity (Wildman–Crippen MR) is 38.6 cm³/mol. The van der Waals surface area contributed by atoms with E-state index in [4.69, 9.17) is 5.11 Å². The van der Waals surface area contributed by atoms with Crippen molar-refractivity contribution in [2.75, 3.05) is 6.61 Å². The largest absolute Gasteiger partial charge is 0.396 e. The van der Waals surface area contributed by atoms with Crippen molar-refractivity contribution in [3.05, 3.63) is 0 Å². The summed E-state index contributed by atoms with van der Waals surface area (Å²) in [4.78, 5) is 0. The van der Waals surface area contributed by atoms with Crippen molar-refractivity contribution in [3.63, 3.8) is 0 Å². The lowest BCUT2D eigenvalue weighted by atomic mass is 9.91. The molecular weight excluding hydrogens is 169 g/mol. The quantitative estimate of drug-likeness (QED) is 0.695. The molecule has 0 aliphatic heterocycles. The van der Waals surface area contributed by atoms with Crippen molar-refractivity contribution >= 4 is 0 Å². The Hall–Kier alpha value is -0.250. The van der Waals surface area contributed by atoms with Gasteiger partial charge >= 0.3 is 6.18 Å². The Labute approximate surface area is 69.6 Å². The Morgan fingerprint density at radius 3 is 2.08 bits per heavy atom. The highest BCUT2D eigenvalue weighted by molar-refractivity contribution is 4.79. The molecule has 1 nitrogen and oxygen atoms in total. The van der Waals surface area contributed by atoms with Crippen molar-refractivity contribution in [2.24, 2.45) is 11.8 Å². The average molecular weight is 182 g/mol. The van der Waals surface area contributed by atoms with Gasteiger partial charge in [0.2, 0.25) is 0 Å². The van der Waals surface area contributed by atoms with E-state index in [1.807, 2.05) is 0 Å². The molecule has 1 N–H and O–H groups in total. The molecule has 1 saturated carbocycles. The van der Waals surface area contributed by atoms with Crippen LogP contribution in [0.1, 0.15) is 25.7 Å². The summed E-state index contributed by atoms with van der Waals surface area (Å²) in [6.45, 7) is -0.756. The van der Waals surface area contributed by atoms with Gasteiger partial charge in [0.15, 0.2) is 0 Å². The van der Waals surface area contributed by atoms with E-state index in [0.717, 1.165) is 12.8 Å². The van der Waals surface area contributed by atoms with E-state index in [1.54, 1.807) is 0 Å². The Kier molecular flexibility index (Phi) is 2.99. The maximum Gasteiger partial charge on any atom is 0.394 e. The second-order valence-corrected chi connectivity index (χ2v) is 3.38. The van der Waals surface area contributed by atoms with E-state index in [-0.39, 0.29) is 5.92 Å². The fraction of sp³-hybridized carbons (Fsp3) is 1.00. The number of aliphatic hydroxyl groups is 1. The van der Waals surface area contributed by atoms with Crippen molar-refractivity contribution in [1.82, 2.24) is 0 Å². The van der Waals surface area contributed by atoms with Gasteiger partial charge in [-0.15, -0.1) is 0 Å². The van der Waals surface area contributed by atoms with E-state index in [0.29, 0.717) is 12.8 Å². The molecule has 0 heterocycles. The Morgan fingerprint density at radius 2 is 1.75 bits per heavy atom. The summed E-state index contributed by atoms with van der Waals surface area (Å²) < 4.78 is 36.6. The number of alkyl halides is 3. The SMILES string of the molecule is OCC(C1CCCC1)C(F)(F)F. The lowest BCUT2D eigenvalue weighted by Crippen LogP contribution is -2.32. The first-order valence-electron chi connectivity index (χ1n) is 4.23. The molecule has 0 aromatic heterocycles. The molecule has 0 aromatic carbocycles. The standard InChI is InChI=1S/C8H13F3O/c9-8(10,11)7(5-12)6-3-1-2-4-6/h6-7,12H,1-5H2. The molecule has 0 amide bonds. The third kappa shape index (κ3) is 2.12. The van der Waals surface area contributed by atoms with E-state index in [1.165, 1.54) is 0 Å². The van der Waals surface area contributed by atoms with E-state index in [9.17, 15) is 13.2 Å². The minimum Gasteiger partial charge on any atom is -0.396 e. The molecule has 1 fully saturated rings. The van der Waals surface area contributed by atoms with Crippen molar-refractivity contribution in [3.8, 4) is 0 Å². The summed E-state index contributed by atoms with van der Waals surface area (Å²) >= 11 is 0. The normalized spacial score (nSPS) is 23.0. The highest BCUT2D eigenvalue weighted by Gasteiger charge is 2.44. The molecule has 1 unspecified atom stereocenters. The van der Waals surface area contributed by atoms with Gasteiger partial charge in [0.05, 0.1) is 12.5 Å². The third-order valence-electron chi connectivity index (χ3n) is 2.59. The van der Waals surface area contributed by atoms with Gasteiger partial charge in [0.1, 0.15) is 0 Å². The van der Waals surface area contributed by atoms with Crippen LogP contribution >= 0.6 is 0 Å². The second kappa shape index (κ2) is 3.64. The molecule has 1 rings (SSSR count). The first-order chi connectivity index (χ1) is 5.55. The highest BCUT2D eigenvalue weighted by atomic mass is 19.4. The summed E-state index contributed by atoms with van der Waals surface area (Å²) in [6, 6.07) is 0. The van der Waals surface area contributed by atoms with Gasteiger partial charge in [0.25, 0.3) is 0 Å². The van der Waals surface area contributed by atoms with Crippen LogP contribution in [0, 0.1) is 11.8 Å². The zero-order valence-electron chi connectivity index (χ0n) is 6.77. The van der Waals surface area contributed by atoms with E-state index < -0.39 is 18.7 Å². The second-order valence-electron chi connectivity index (χ2n) is 3.38. The molecule has 4 heteroatoms. The summed E-state index contributed by atoms with van der Waals surface area (Å²) in [7, 11) is 0. The lowest BCUT2D eigenvalue weighted by molar-refractivity contribution is -0.197.